The number of hydrogen-bond acceptors (Lipinski definition) is 3. The quantitative estimate of drug-likeness (QED) is 0.672. The molecule has 3 heteroatoms. The van der Waals surface area contributed by atoms with Crippen molar-refractivity contribution in [1.82, 2.24) is 5.32 Å². The molecule has 1 aromatic rings. The van der Waals surface area contributed by atoms with Crippen LogP contribution in [-0.4, -0.2) is 22.3 Å². The highest BCUT2D eigenvalue weighted by Gasteiger charge is 2.12. The molecule has 0 radical (unpaired) electrons. The van der Waals surface area contributed by atoms with Gasteiger partial charge in [-0.1, -0.05) is 13.0 Å². The summed E-state index contributed by atoms with van der Waals surface area (Å²) in [6.07, 6.45) is 1.92. The minimum atomic E-state index is -0.0643. The Morgan fingerprint density at radius 2 is 1.88 bits per heavy atom. The van der Waals surface area contributed by atoms with E-state index in [-0.39, 0.29) is 17.0 Å². The van der Waals surface area contributed by atoms with Crippen LogP contribution in [-0.2, 0) is 6.42 Å². The van der Waals surface area contributed by atoms with Crippen LogP contribution in [0.3, 0.4) is 0 Å². The fraction of sp³-hybridized carbons (Fsp3) is 0.538. The molecular formula is C13H21NO2. The summed E-state index contributed by atoms with van der Waals surface area (Å²) in [4.78, 5) is 0. The van der Waals surface area contributed by atoms with Gasteiger partial charge in [-0.3, -0.25) is 0 Å². The number of rotatable bonds is 5. The fourth-order valence-electron chi connectivity index (χ4n) is 1.39. The molecular weight excluding hydrogens is 202 g/mol. The van der Waals surface area contributed by atoms with E-state index in [1.54, 1.807) is 6.07 Å². The highest BCUT2D eigenvalue weighted by molar-refractivity contribution is 5.40. The van der Waals surface area contributed by atoms with Crippen LogP contribution in [0.4, 0.5) is 0 Å². The Morgan fingerprint density at radius 3 is 2.44 bits per heavy atom. The van der Waals surface area contributed by atoms with Crippen molar-refractivity contribution in [2.24, 2.45) is 0 Å². The first-order valence-electron chi connectivity index (χ1n) is 5.70. The Kier molecular flexibility index (Phi) is 4.19. The summed E-state index contributed by atoms with van der Waals surface area (Å²) in [5, 5.41) is 22.0. The third-order valence-electron chi connectivity index (χ3n) is 2.94. The van der Waals surface area contributed by atoms with Crippen molar-refractivity contribution in [2.75, 3.05) is 6.54 Å². The lowest BCUT2D eigenvalue weighted by atomic mass is 10.0. The van der Waals surface area contributed by atoms with E-state index in [0.717, 1.165) is 24.9 Å². The van der Waals surface area contributed by atoms with Gasteiger partial charge in [-0.2, -0.15) is 0 Å². The van der Waals surface area contributed by atoms with Gasteiger partial charge in [-0.25, -0.2) is 0 Å². The van der Waals surface area contributed by atoms with Gasteiger partial charge < -0.3 is 15.5 Å². The predicted molar refractivity (Wildman–Crippen MR) is 65.8 cm³/mol. The van der Waals surface area contributed by atoms with Crippen molar-refractivity contribution in [3.63, 3.8) is 0 Å². The molecule has 1 rings (SSSR count). The van der Waals surface area contributed by atoms with Crippen molar-refractivity contribution >= 4 is 0 Å². The molecule has 90 valence electrons. The first-order chi connectivity index (χ1) is 7.44. The average Bonchev–Trinajstić information content (AvgIpc) is 2.23. The summed E-state index contributed by atoms with van der Waals surface area (Å²) >= 11 is 0. The molecule has 3 nitrogen and oxygen atoms in total. The minimum absolute atomic E-state index is 0.0488. The van der Waals surface area contributed by atoms with Crippen LogP contribution in [0.5, 0.6) is 11.5 Å². The molecule has 0 aromatic heterocycles. The first-order valence-corrected chi connectivity index (χ1v) is 5.70. The van der Waals surface area contributed by atoms with Gasteiger partial charge in [0.05, 0.1) is 0 Å². The highest BCUT2D eigenvalue weighted by Crippen LogP contribution is 2.24. The third-order valence-corrected chi connectivity index (χ3v) is 2.94. The summed E-state index contributed by atoms with van der Waals surface area (Å²) in [5.41, 5.74) is 1.17. The Morgan fingerprint density at radius 1 is 1.19 bits per heavy atom. The van der Waals surface area contributed by atoms with E-state index >= 15 is 0 Å². The maximum absolute atomic E-state index is 9.34. The number of aromatic hydroxyl groups is 2. The van der Waals surface area contributed by atoms with E-state index in [0.29, 0.717) is 0 Å². The molecule has 3 N–H and O–H groups in total. The van der Waals surface area contributed by atoms with E-state index in [1.807, 2.05) is 6.07 Å². The minimum Gasteiger partial charge on any atom is -0.504 e. The van der Waals surface area contributed by atoms with Gasteiger partial charge in [0.15, 0.2) is 11.5 Å². The van der Waals surface area contributed by atoms with E-state index in [9.17, 15) is 10.2 Å². The van der Waals surface area contributed by atoms with Crippen molar-refractivity contribution in [2.45, 2.75) is 39.2 Å². The molecule has 0 atom stereocenters. The van der Waals surface area contributed by atoms with Crippen molar-refractivity contribution in [1.29, 1.82) is 0 Å². The summed E-state index contributed by atoms with van der Waals surface area (Å²) in [6, 6.07) is 4.96. The smallest absolute Gasteiger partial charge is 0.157 e. The van der Waals surface area contributed by atoms with Crippen LogP contribution in [0.25, 0.3) is 0 Å². The number of nitrogens with one attached hydrogen (secondary N) is 1. The first kappa shape index (κ1) is 12.8. The maximum Gasteiger partial charge on any atom is 0.157 e. The van der Waals surface area contributed by atoms with Gasteiger partial charge >= 0.3 is 0 Å². The number of benzene rings is 1. The predicted octanol–water partition coefficient (Wildman–Crippen LogP) is 2.42. The Balaban J connectivity index is 2.46. The molecule has 0 aliphatic rings. The van der Waals surface area contributed by atoms with Crippen LogP contribution >= 0.6 is 0 Å². The van der Waals surface area contributed by atoms with Crippen molar-refractivity contribution in [3.8, 4) is 11.5 Å². The molecule has 0 aliphatic carbocycles. The summed E-state index contributed by atoms with van der Waals surface area (Å²) < 4.78 is 0. The molecule has 0 saturated heterocycles. The molecule has 0 bridgehead atoms. The zero-order valence-electron chi connectivity index (χ0n) is 10.2. The van der Waals surface area contributed by atoms with Gasteiger partial charge in [0, 0.05) is 5.54 Å². The van der Waals surface area contributed by atoms with Crippen LogP contribution in [0.15, 0.2) is 18.2 Å². The lowest BCUT2D eigenvalue weighted by Crippen LogP contribution is -2.39. The standard InChI is InChI=1S/C13H21NO2/c1-4-13(2,3)14-8-7-10-5-6-11(15)12(16)9-10/h5-6,9,14-16H,4,7-8H2,1-3H3. The van der Waals surface area contributed by atoms with Crippen LogP contribution in [0.1, 0.15) is 32.8 Å². The molecule has 0 amide bonds. The molecule has 0 saturated carbocycles. The molecule has 0 unspecified atom stereocenters. The topological polar surface area (TPSA) is 52.5 Å². The lowest BCUT2D eigenvalue weighted by Gasteiger charge is -2.24. The second kappa shape index (κ2) is 5.21. The molecule has 0 fully saturated rings. The normalized spacial score (nSPS) is 11.7. The Bertz CT molecular complexity index is 348. The molecule has 1 aromatic carbocycles. The second-order valence-electron chi connectivity index (χ2n) is 4.74. The number of phenolic OH excluding ortho intramolecular Hbond substituents is 2. The van der Waals surface area contributed by atoms with Gasteiger partial charge in [0.2, 0.25) is 0 Å². The largest absolute Gasteiger partial charge is 0.504 e. The zero-order chi connectivity index (χ0) is 12.2. The Labute approximate surface area is 97.1 Å². The Hall–Kier alpha value is -1.22. The summed E-state index contributed by atoms with van der Waals surface area (Å²) in [7, 11) is 0. The van der Waals surface area contributed by atoms with Gasteiger partial charge in [-0.05, 0) is 50.9 Å². The fourth-order valence-corrected chi connectivity index (χ4v) is 1.39. The second-order valence-corrected chi connectivity index (χ2v) is 4.74. The van der Waals surface area contributed by atoms with Crippen LogP contribution < -0.4 is 5.32 Å². The van der Waals surface area contributed by atoms with Crippen LogP contribution in [0.2, 0.25) is 0 Å². The van der Waals surface area contributed by atoms with E-state index in [1.165, 1.54) is 6.07 Å². The van der Waals surface area contributed by atoms with E-state index in [4.69, 9.17) is 0 Å². The van der Waals surface area contributed by atoms with Crippen molar-refractivity contribution in [3.05, 3.63) is 23.8 Å². The zero-order valence-corrected chi connectivity index (χ0v) is 10.2. The molecule has 0 heterocycles. The van der Waals surface area contributed by atoms with Gasteiger partial charge in [0.1, 0.15) is 0 Å². The highest BCUT2D eigenvalue weighted by atomic mass is 16.3. The van der Waals surface area contributed by atoms with Gasteiger partial charge in [0.25, 0.3) is 0 Å². The average molecular weight is 223 g/mol. The van der Waals surface area contributed by atoms with Crippen LogP contribution in [0, 0.1) is 0 Å². The number of phenols is 2. The molecule has 0 aliphatic heterocycles. The van der Waals surface area contributed by atoms with E-state index < -0.39 is 0 Å². The monoisotopic (exact) mass is 223 g/mol. The SMILES string of the molecule is CCC(C)(C)NCCc1ccc(O)c(O)c1. The lowest BCUT2D eigenvalue weighted by molar-refractivity contribution is 0.379. The molecule has 0 spiro atoms. The number of hydrogen-bond donors (Lipinski definition) is 3. The van der Waals surface area contributed by atoms with Crippen molar-refractivity contribution < 1.29 is 10.2 Å². The molecule has 16 heavy (non-hydrogen) atoms. The summed E-state index contributed by atoms with van der Waals surface area (Å²) in [5.74, 6) is -0.113. The summed E-state index contributed by atoms with van der Waals surface area (Å²) in [6.45, 7) is 7.35. The van der Waals surface area contributed by atoms with Gasteiger partial charge in [-0.15, -0.1) is 0 Å². The third kappa shape index (κ3) is 3.74. The maximum atomic E-state index is 9.34. The van der Waals surface area contributed by atoms with E-state index in [2.05, 4.69) is 26.1 Å².